The van der Waals surface area contributed by atoms with Crippen molar-refractivity contribution in [2.75, 3.05) is 36.4 Å². The van der Waals surface area contributed by atoms with E-state index in [1.54, 1.807) is 0 Å². The van der Waals surface area contributed by atoms with Crippen LogP contribution in [0.2, 0.25) is 0 Å². The molecule has 28 heavy (non-hydrogen) atoms. The van der Waals surface area contributed by atoms with Crippen molar-refractivity contribution in [2.45, 2.75) is 11.8 Å². The molecule has 0 unspecified atom stereocenters. The van der Waals surface area contributed by atoms with Crippen LogP contribution in [-0.2, 0) is 10.0 Å². The van der Waals surface area contributed by atoms with Crippen LogP contribution >= 0.6 is 0 Å². The summed E-state index contributed by atoms with van der Waals surface area (Å²) < 4.78 is 31.1. The molecule has 0 bridgehead atoms. The molecular weight excluding hydrogens is 382 g/mol. The second-order valence-electron chi connectivity index (χ2n) is 6.32. The van der Waals surface area contributed by atoms with Gasteiger partial charge >= 0.3 is 0 Å². The lowest BCUT2D eigenvalue weighted by Crippen LogP contribution is -2.48. The number of rotatable bonds is 5. The molecular formula is C17H19N7O3S. The molecule has 4 rings (SSSR count). The number of aryl methyl sites for hydroxylation is 1. The van der Waals surface area contributed by atoms with Gasteiger partial charge in [0.15, 0.2) is 11.6 Å². The zero-order valence-electron chi connectivity index (χ0n) is 15.2. The molecule has 1 saturated heterocycles. The quantitative estimate of drug-likeness (QED) is 0.677. The molecule has 0 radical (unpaired) electrons. The van der Waals surface area contributed by atoms with E-state index in [1.165, 1.54) is 10.5 Å². The lowest BCUT2D eigenvalue weighted by atomic mass is 10.3. The van der Waals surface area contributed by atoms with Gasteiger partial charge in [0.2, 0.25) is 10.0 Å². The summed E-state index contributed by atoms with van der Waals surface area (Å²) >= 11 is 0. The Morgan fingerprint density at radius 3 is 2.50 bits per heavy atom. The van der Waals surface area contributed by atoms with Crippen LogP contribution in [0.15, 0.2) is 52.2 Å². The Morgan fingerprint density at radius 1 is 1.04 bits per heavy atom. The molecule has 3 aromatic rings. The molecule has 0 spiro atoms. The minimum atomic E-state index is -3.57. The predicted octanol–water partition coefficient (Wildman–Crippen LogP) is 1.42. The third-order valence-electron chi connectivity index (χ3n) is 4.41. The summed E-state index contributed by atoms with van der Waals surface area (Å²) in [5.74, 6) is 2.00. The molecule has 0 aromatic carbocycles. The first-order valence-electron chi connectivity index (χ1n) is 8.71. The van der Waals surface area contributed by atoms with E-state index in [-0.39, 0.29) is 4.90 Å². The first-order chi connectivity index (χ1) is 13.5. The molecule has 1 aliphatic heterocycles. The molecule has 0 atom stereocenters. The Kier molecular flexibility index (Phi) is 4.92. The molecule has 3 aromatic heterocycles. The number of anilines is 3. The van der Waals surface area contributed by atoms with Gasteiger partial charge in [-0.25, -0.2) is 13.4 Å². The Hall–Kier alpha value is -3.05. The Bertz CT molecular complexity index is 1030. The highest BCUT2D eigenvalue weighted by Crippen LogP contribution is 2.20. The van der Waals surface area contributed by atoms with Crippen LogP contribution in [0.5, 0.6) is 0 Å². The molecule has 0 saturated carbocycles. The number of sulfonamides is 1. The van der Waals surface area contributed by atoms with Gasteiger partial charge in [-0.15, -0.1) is 10.2 Å². The highest BCUT2D eigenvalue weighted by atomic mass is 32.2. The molecule has 0 amide bonds. The number of nitrogens with one attached hydrogen (secondary N) is 1. The van der Waals surface area contributed by atoms with Crippen molar-refractivity contribution in [3.63, 3.8) is 0 Å². The van der Waals surface area contributed by atoms with E-state index in [0.29, 0.717) is 43.6 Å². The summed E-state index contributed by atoms with van der Waals surface area (Å²) in [6.45, 7) is 3.66. The second kappa shape index (κ2) is 7.52. The molecule has 10 nitrogen and oxygen atoms in total. The fourth-order valence-corrected chi connectivity index (χ4v) is 4.22. The largest absolute Gasteiger partial charge is 0.363 e. The normalized spacial score (nSPS) is 15.5. The molecule has 11 heteroatoms. The molecule has 146 valence electrons. The molecule has 1 N–H and O–H groups in total. The monoisotopic (exact) mass is 401 g/mol. The highest BCUT2D eigenvalue weighted by Gasteiger charge is 2.30. The Labute approximate surface area is 162 Å². The smallest absolute Gasteiger partial charge is 0.248 e. The van der Waals surface area contributed by atoms with Gasteiger partial charge < -0.3 is 14.7 Å². The zero-order chi connectivity index (χ0) is 19.6. The minimum absolute atomic E-state index is 0.0703. The van der Waals surface area contributed by atoms with Gasteiger partial charge in [-0.3, -0.25) is 0 Å². The number of pyridine rings is 1. The predicted molar refractivity (Wildman–Crippen MR) is 102 cm³/mol. The van der Waals surface area contributed by atoms with Crippen LogP contribution < -0.4 is 10.2 Å². The van der Waals surface area contributed by atoms with E-state index >= 15 is 0 Å². The Balaban J connectivity index is 1.38. The summed E-state index contributed by atoms with van der Waals surface area (Å²) in [4.78, 5) is 6.44. The van der Waals surface area contributed by atoms with Crippen molar-refractivity contribution in [1.29, 1.82) is 0 Å². The standard InChI is InChI=1S/C17H19N7O3S/c1-13-3-2-4-15(19-13)20-16-5-6-17(22-21-16)23-7-9-24(10-8-23)28(25,26)14-11-18-27-12-14/h2-6,11-12H,7-10H2,1H3,(H,19,20,21). The van der Waals surface area contributed by atoms with Gasteiger partial charge in [0.25, 0.3) is 0 Å². The maximum atomic E-state index is 12.5. The van der Waals surface area contributed by atoms with Gasteiger partial charge in [0, 0.05) is 31.9 Å². The zero-order valence-corrected chi connectivity index (χ0v) is 16.0. The van der Waals surface area contributed by atoms with Crippen LogP contribution in [0.3, 0.4) is 0 Å². The van der Waals surface area contributed by atoms with Crippen molar-refractivity contribution >= 4 is 27.5 Å². The summed E-state index contributed by atoms with van der Waals surface area (Å²) in [6.07, 6.45) is 2.35. The third kappa shape index (κ3) is 3.80. The van der Waals surface area contributed by atoms with E-state index in [1.807, 2.05) is 42.2 Å². The third-order valence-corrected chi connectivity index (χ3v) is 6.25. The van der Waals surface area contributed by atoms with E-state index in [4.69, 9.17) is 0 Å². The number of nitrogens with zero attached hydrogens (tertiary/aromatic N) is 6. The summed E-state index contributed by atoms with van der Waals surface area (Å²) in [5.41, 5.74) is 0.911. The van der Waals surface area contributed by atoms with Gasteiger partial charge in [-0.2, -0.15) is 4.31 Å². The van der Waals surface area contributed by atoms with Crippen LogP contribution in [0, 0.1) is 6.92 Å². The SMILES string of the molecule is Cc1cccc(Nc2ccc(N3CCN(S(=O)(=O)c4cnoc4)CC3)nn2)n1. The second-order valence-corrected chi connectivity index (χ2v) is 8.26. The lowest BCUT2D eigenvalue weighted by molar-refractivity contribution is 0.382. The fraction of sp³-hybridized carbons (Fsp3) is 0.294. The van der Waals surface area contributed by atoms with E-state index < -0.39 is 10.0 Å². The highest BCUT2D eigenvalue weighted by molar-refractivity contribution is 7.89. The average Bonchev–Trinajstić information content (AvgIpc) is 3.25. The lowest BCUT2D eigenvalue weighted by Gasteiger charge is -2.34. The van der Waals surface area contributed by atoms with Crippen LogP contribution in [0.4, 0.5) is 17.5 Å². The van der Waals surface area contributed by atoms with Crippen molar-refractivity contribution in [3.05, 3.63) is 48.5 Å². The summed E-state index contributed by atoms with van der Waals surface area (Å²) in [6, 6.07) is 9.38. The first-order valence-corrected chi connectivity index (χ1v) is 10.2. The van der Waals surface area contributed by atoms with Crippen LogP contribution in [0.1, 0.15) is 5.69 Å². The average molecular weight is 401 g/mol. The van der Waals surface area contributed by atoms with Crippen LogP contribution in [-0.4, -0.2) is 59.2 Å². The van der Waals surface area contributed by atoms with Crippen LogP contribution in [0.25, 0.3) is 0 Å². The number of hydrogen-bond donors (Lipinski definition) is 1. The fourth-order valence-electron chi connectivity index (χ4n) is 2.93. The van der Waals surface area contributed by atoms with Crippen molar-refractivity contribution in [3.8, 4) is 0 Å². The maximum Gasteiger partial charge on any atom is 0.248 e. The molecule has 4 heterocycles. The number of hydrogen-bond acceptors (Lipinski definition) is 9. The van der Waals surface area contributed by atoms with Crippen molar-refractivity contribution < 1.29 is 12.9 Å². The van der Waals surface area contributed by atoms with Gasteiger partial charge in [-0.1, -0.05) is 11.2 Å². The van der Waals surface area contributed by atoms with Crippen molar-refractivity contribution in [2.24, 2.45) is 0 Å². The molecule has 0 aliphatic carbocycles. The topological polar surface area (TPSA) is 117 Å². The van der Waals surface area contributed by atoms with Gasteiger partial charge in [0.05, 0.1) is 6.20 Å². The van der Waals surface area contributed by atoms with E-state index in [2.05, 4.69) is 30.2 Å². The summed E-state index contributed by atoms with van der Waals surface area (Å²) in [7, 11) is -3.57. The van der Waals surface area contributed by atoms with E-state index in [9.17, 15) is 8.42 Å². The summed E-state index contributed by atoms with van der Waals surface area (Å²) in [5, 5.41) is 15.0. The maximum absolute atomic E-state index is 12.5. The van der Waals surface area contributed by atoms with Gasteiger partial charge in [0.1, 0.15) is 17.0 Å². The Morgan fingerprint density at radius 2 is 1.86 bits per heavy atom. The van der Waals surface area contributed by atoms with E-state index in [0.717, 1.165) is 12.0 Å². The van der Waals surface area contributed by atoms with Gasteiger partial charge in [-0.05, 0) is 31.2 Å². The molecule has 1 fully saturated rings. The molecule has 1 aliphatic rings. The number of piperazine rings is 1. The van der Waals surface area contributed by atoms with Crippen molar-refractivity contribution in [1.82, 2.24) is 24.6 Å². The minimum Gasteiger partial charge on any atom is -0.363 e. The first kappa shape index (κ1) is 18.3. The number of aromatic nitrogens is 4.